The molecule has 0 bridgehead atoms. The van der Waals surface area contributed by atoms with E-state index in [4.69, 9.17) is 4.42 Å². The van der Waals surface area contributed by atoms with Crippen LogP contribution < -0.4 is 0 Å². The third kappa shape index (κ3) is 1.60. The van der Waals surface area contributed by atoms with Gasteiger partial charge in [-0.15, -0.1) is 0 Å². The lowest BCUT2D eigenvalue weighted by Gasteiger charge is -1.95. The summed E-state index contributed by atoms with van der Waals surface area (Å²) in [5.74, 6) is 2.43. The van der Waals surface area contributed by atoms with Gasteiger partial charge in [0.25, 0.3) is 0 Å². The highest BCUT2D eigenvalue weighted by Gasteiger charge is 2.15. The van der Waals surface area contributed by atoms with Crippen LogP contribution in [0.3, 0.4) is 0 Å². The number of fused-ring (bicyclic) bond motifs is 3. The zero-order valence-electron chi connectivity index (χ0n) is 11.1. The Kier molecular flexibility index (Phi) is 2.40. The van der Waals surface area contributed by atoms with Crippen LogP contribution in [0, 0.1) is 0 Å². The van der Waals surface area contributed by atoms with Gasteiger partial charge in [0.15, 0.2) is 11.5 Å². The second-order valence-corrected chi connectivity index (χ2v) is 5.29. The average Bonchev–Trinajstić information content (AvgIpc) is 2.91. The maximum Gasteiger partial charge on any atom is 0.198 e. The molecule has 1 aromatic carbocycles. The van der Waals surface area contributed by atoms with Crippen molar-refractivity contribution in [3.8, 4) is 0 Å². The molecule has 3 aromatic rings. The van der Waals surface area contributed by atoms with E-state index in [2.05, 4.69) is 42.6 Å². The molecule has 0 aliphatic carbocycles. The lowest BCUT2D eigenvalue weighted by atomic mass is 10.2. The Labute approximate surface area is 105 Å². The monoisotopic (exact) mass is 243 g/mol. The van der Waals surface area contributed by atoms with Crippen molar-refractivity contribution in [3.63, 3.8) is 0 Å². The first-order valence-electron chi connectivity index (χ1n) is 6.35. The van der Waals surface area contributed by atoms with Crippen LogP contribution in [0.2, 0.25) is 0 Å². The highest BCUT2D eigenvalue weighted by atomic mass is 16.3. The summed E-state index contributed by atoms with van der Waals surface area (Å²) < 4.78 is 5.74. The van der Waals surface area contributed by atoms with E-state index < -0.39 is 0 Å². The molecule has 0 spiro atoms. The van der Waals surface area contributed by atoms with Crippen molar-refractivity contribution in [2.75, 3.05) is 0 Å². The lowest BCUT2D eigenvalue weighted by Crippen LogP contribution is -1.88. The van der Waals surface area contributed by atoms with Crippen LogP contribution in [0.25, 0.3) is 22.1 Å². The van der Waals surface area contributed by atoms with Crippen LogP contribution in [0.5, 0.6) is 0 Å². The number of rotatable bonds is 2. The summed E-state index contributed by atoms with van der Waals surface area (Å²) in [5, 5.41) is 0. The lowest BCUT2D eigenvalue weighted by molar-refractivity contribution is 0.501. The molecule has 3 rings (SSSR count). The van der Waals surface area contributed by atoms with Gasteiger partial charge in [-0.2, -0.15) is 0 Å². The predicted molar refractivity (Wildman–Crippen MR) is 71.8 cm³/mol. The van der Waals surface area contributed by atoms with E-state index in [1.807, 2.05) is 12.1 Å². The summed E-state index contributed by atoms with van der Waals surface area (Å²) in [5.41, 5.74) is 3.61. The molecule has 0 saturated heterocycles. The van der Waals surface area contributed by atoms with E-state index in [9.17, 15) is 0 Å². The Morgan fingerprint density at radius 3 is 2.44 bits per heavy atom. The van der Waals surface area contributed by atoms with Crippen molar-refractivity contribution in [2.24, 2.45) is 0 Å². The van der Waals surface area contributed by atoms with Crippen molar-refractivity contribution >= 4 is 22.1 Å². The van der Waals surface area contributed by atoms with Crippen LogP contribution in [0.4, 0.5) is 0 Å². The first kappa shape index (κ1) is 11.3. The predicted octanol–water partition coefficient (Wildman–Crippen LogP) is 3.95. The maximum atomic E-state index is 5.74. The fraction of sp³-hybridized carbons (Fsp3) is 0.429. The summed E-state index contributed by atoms with van der Waals surface area (Å²) in [6, 6.07) is 3.96. The highest BCUT2D eigenvalue weighted by molar-refractivity contribution is 5.99. The molecule has 0 aliphatic heterocycles. The molecule has 0 atom stereocenters. The van der Waals surface area contributed by atoms with Crippen LogP contribution in [0.1, 0.15) is 51.2 Å². The molecule has 0 aliphatic rings. The molecule has 0 unspecified atom stereocenters. The van der Waals surface area contributed by atoms with Crippen LogP contribution in [-0.2, 0) is 0 Å². The molecule has 2 heterocycles. The largest absolute Gasteiger partial charge is 0.440 e. The summed E-state index contributed by atoms with van der Waals surface area (Å²) >= 11 is 0. The fourth-order valence-electron chi connectivity index (χ4n) is 2.02. The van der Waals surface area contributed by atoms with Crippen LogP contribution >= 0.6 is 0 Å². The second kappa shape index (κ2) is 3.83. The van der Waals surface area contributed by atoms with Gasteiger partial charge in [-0.25, -0.2) is 9.97 Å². The van der Waals surface area contributed by atoms with Gasteiger partial charge in [0.2, 0.25) is 0 Å². The molecule has 0 fully saturated rings. The number of nitrogens with one attached hydrogen (secondary N) is 1. The van der Waals surface area contributed by atoms with E-state index >= 15 is 0 Å². The fourth-order valence-corrected chi connectivity index (χ4v) is 2.02. The molecule has 4 nitrogen and oxygen atoms in total. The second-order valence-electron chi connectivity index (χ2n) is 5.29. The average molecular weight is 243 g/mol. The highest BCUT2D eigenvalue weighted by Crippen LogP contribution is 2.27. The minimum Gasteiger partial charge on any atom is -0.440 e. The maximum absolute atomic E-state index is 5.74. The summed E-state index contributed by atoms with van der Waals surface area (Å²) in [6.45, 7) is 8.40. The zero-order valence-corrected chi connectivity index (χ0v) is 11.1. The molecule has 0 saturated carbocycles. The molecule has 2 aromatic heterocycles. The van der Waals surface area contributed by atoms with Gasteiger partial charge in [0, 0.05) is 11.8 Å². The number of benzene rings is 1. The molecule has 1 N–H and O–H groups in total. The van der Waals surface area contributed by atoms with Crippen molar-refractivity contribution in [2.45, 2.75) is 39.5 Å². The topological polar surface area (TPSA) is 54.7 Å². The van der Waals surface area contributed by atoms with Gasteiger partial charge in [0.05, 0.1) is 5.52 Å². The van der Waals surface area contributed by atoms with E-state index in [1.54, 1.807) is 0 Å². The zero-order chi connectivity index (χ0) is 12.9. The molecule has 18 heavy (non-hydrogen) atoms. The van der Waals surface area contributed by atoms with Crippen molar-refractivity contribution in [3.05, 3.63) is 23.8 Å². The smallest absolute Gasteiger partial charge is 0.198 e. The van der Waals surface area contributed by atoms with E-state index in [0.29, 0.717) is 5.92 Å². The molecule has 94 valence electrons. The van der Waals surface area contributed by atoms with Crippen molar-refractivity contribution in [1.82, 2.24) is 15.0 Å². The van der Waals surface area contributed by atoms with Gasteiger partial charge >= 0.3 is 0 Å². The number of H-pyrrole nitrogens is 1. The van der Waals surface area contributed by atoms with Gasteiger partial charge < -0.3 is 9.40 Å². The first-order chi connectivity index (χ1) is 8.56. The quantitative estimate of drug-likeness (QED) is 0.741. The number of aromatic amines is 1. The third-order valence-electron chi connectivity index (χ3n) is 3.09. The van der Waals surface area contributed by atoms with E-state index in [1.165, 1.54) is 0 Å². The molecular formula is C14H17N3O. The number of hydrogen-bond acceptors (Lipinski definition) is 3. The molecule has 4 heteroatoms. The van der Waals surface area contributed by atoms with Gasteiger partial charge in [-0.3, -0.25) is 0 Å². The van der Waals surface area contributed by atoms with Crippen LogP contribution in [-0.4, -0.2) is 15.0 Å². The molecular weight excluding hydrogens is 226 g/mol. The summed E-state index contributed by atoms with van der Waals surface area (Å²) in [4.78, 5) is 12.5. The number of imidazole rings is 1. The third-order valence-corrected chi connectivity index (χ3v) is 3.09. The standard InChI is InChI=1S/C14H17N3O/c1-7(2)13-15-9-5-6-10-12(11(9)16-13)17-14(18-10)8(3)4/h5-8H,1-4H3,(H,15,16). The van der Waals surface area contributed by atoms with Gasteiger partial charge in [-0.05, 0) is 12.1 Å². The SMILES string of the molecule is CC(C)c1nc2c(ccc3oc(C(C)C)nc32)[nH]1. The number of hydrogen-bond donors (Lipinski definition) is 1. The Bertz CT molecular complexity index is 645. The Hall–Kier alpha value is -1.84. The Morgan fingerprint density at radius 1 is 1.00 bits per heavy atom. The molecule has 0 radical (unpaired) electrons. The minimum atomic E-state index is 0.288. The Morgan fingerprint density at radius 2 is 1.78 bits per heavy atom. The van der Waals surface area contributed by atoms with Crippen molar-refractivity contribution < 1.29 is 4.42 Å². The number of oxazole rings is 1. The Balaban J connectivity index is 2.30. The van der Waals surface area contributed by atoms with E-state index in [-0.39, 0.29) is 5.92 Å². The van der Waals surface area contributed by atoms with E-state index in [0.717, 1.165) is 33.8 Å². The normalized spacial score (nSPS) is 12.3. The van der Waals surface area contributed by atoms with Gasteiger partial charge in [-0.1, -0.05) is 27.7 Å². The minimum absolute atomic E-state index is 0.288. The van der Waals surface area contributed by atoms with Gasteiger partial charge in [0.1, 0.15) is 16.9 Å². The first-order valence-corrected chi connectivity index (χ1v) is 6.35. The summed E-state index contributed by atoms with van der Waals surface area (Å²) in [6.07, 6.45) is 0. The van der Waals surface area contributed by atoms with Crippen molar-refractivity contribution in [1.29, 1.82) is 0 Å². The number of nitrogens with zero attached hydrogens (tertiary/aromatic N) is 2. The summed E-state index contributed by atoms with van der Waals surface area (Å²) in [7, 11) is 0. The molecule has 0 amide bonds. The van der Waals surface area contributed by atoms with Crippen LogP contribution in [0.15, 0.2) is 16.5 Å². The number of aromatic nitrogens is 3.